The first-order chi connectivity index (χ1) is 8.10. The number of rotatable bonds is 3. The Morgan fingerprint density at radius 3 is 2.82 bits per heavy atom. The highest BCUT2D eigenvalue weighted by Crippen LogP contribution is 2.17. The standard InChI is InChI=1S/C13H18N2O2/c1-9-3-4-11(10(2)5-9)7-15-8-12(6-14)17-13(15)16/h3-5,12H,6-8,14H2,1-2H3. The Bertz CT molecular complexity index is 431. The number of carbonyl (C=O) groups is 1. The summed E-state index contributed by atoms with van der Waals surface area (Å²) in [4.78, 5) is 13.3. The summed E-state index contributed by atoms with van der Waals surface area (Å²) in [6.45, 7) is 5.69. The molecule has 1 amide bonds. The van der Waals surface area contributed by atoms with Crippen LogP contribution < -0.4 is 5.73 Å². The van der Waals surface area contributed by atoms with Crippen molar-refractivity contribution in [3.8, 4) is 0 Å². The maximum atomic E-state index is 11.6. The molecule has 1 aliphatic heterocycles. The lowest BCUT2D eigenvalue weighted by molar-refractivity contribution is 0.134. The van der Waals surface area contributed by atoms with E-state index >= 15 is 0 Å². The molecular formula is C13H18N2O2. The van der Waals surface area contributed by atoms with Crippen molar-refractivity contribution in [1.82, 2.24) is 4.90 Å². The minimum atomic E-state index is -0.263. The number of nitrogens with two attached hydrogens (primary N) is 1. The third kappa shape index (κ3) is 2.58. The van der Waals surface area contributed by atoms with Crippen molar-refractivity contribution in [2.45, 2.75) is 26.5 Å². The van der Waals surface area contributed by atoms with Crippen LogP contribution in [0.1, 0.15) is 16.7 Å². The van der Waals surface area contributed by atoms with E-state index in [-0.39, 0.29) is 12.2 Å². The molecule has 17 heavy (non-hydrogen) atoms. The maximum Gasteiger partial charge on any atom is 0.410 e. The van der Waals surface area contributed by atoms with Crippen LogP contribution in [0.3, 0.4) is 0 Å². The van der Waals surface area contributed by atoms with Crippen molar-refractivity contribution in [2.24, 2.45) is 5.73 Å². The third-order valence-electron chi connectivity index (χ3n) is 3.07. The average molecular weight is 234 g/mol. The van der Waals surface area contributed by atoms with E-state index < -0.39 is 0 Å². The van der Waals surface area contributed by atoms with Crippen molar-refractivity contribution in [3.05, 3.63) is 34.9 Å². The van der Waals surface area contributed by atoms with E-state index in [2.05, 4.69) is 32.0 Å². The Hall–Kier alpha value is -1.55. The summed E-state index contributed by atoms with van der Waals surface area (Å²) < 4.78 is 5.12. The van der Waals surface area contributed by atoms with Crippen LogP contribution in [-0.4, -0.2) is 30.2 Å². The summed E-state index contributed by atoms with van der Waals surface area (Å²) in [5.41, 5.74) is 9.09. The molecule has 0 aliphatic carbocycles. The molecule has 92 valence electrons. The second-order valence-corrected chi connectivity index (χ2v) is 4.55. The number of nitrogens with zero attached hydrogens (tertiary/aromatic N) is 1. The molecule has 1 atom stereocenters. The minimum absolute atomic E-state index is 0.159. The predicted molar refractivity (Wildman–Crippen MR) is 65.6 cm³/mol. The van der Waals surface area contributed by atoms with E-state index in [0.29, 0.717) is 19.6 Å². The number of ether oxygens (including phenoxy) is 1. The molecule has 1 saturated heterocycles. The Morgan fingerprint density at radius 2 is 2.24 bits per heavy atom. The number of benzene rings is 1. The van der Waals surface area contributed by atoms with Gasteiger partial charge in [0.1, 0.15) is 6.10 Å². The molecule has 0 saturated carbocycles. The molecule has 4 nitrogen and oxygen atoms in total. The monoisotopic (exact) mass is 234 g/mol. The number of hydrogen-bond donors (Lipinski definition) is 1. The Balaban J connectivity index is 2.08. The second kappa shape index (κ2) is 4.75. The van der Waals surface area contributed by atoms with Gasteiger partial charge in [0.25, 0.3) is 0 Å². The normalized spacial score (nSPS) is 19.6. The zero-order valence-corrected chi connectivity index (χ0v) is 10.3. The van der Waals surface area contributed by atoms with Crippen LogP contribution in [0.25, 0.3) is 0 Å². The van der Waals surface area contributed by atoms with Gasteiger partial charge in [-0.25, -0.2) is 4.79 Å². The summed E-state index contributed by atoms with van der Waals surface area (Å²) in [5.74, 6) is 0. The summed E-state index contributed by atoms with van der Waals surface area (Å²) in [6, 6.07) is 6.25. The lowest BCUT2D eigenvalue weighted by Gasteiger charge is -2.15. The molecule has 1 heterocycles. The Kier molecular flexibility index (Phi) is 3.33. The van der Waals surface area contributed by atoms with E-state index in [1.54, 1.807) is 4.90 Å². The van der Waals surface area contributed by atoms with Crippen LogP contribution >= 0.6 is 0 Å². The minimum Gasteiger partial charge on any atom is -0.443 e. The fraction of sp³-hybridized carbons (Fsp3) is 0.462. The van der Waals surface area contributed by atoms with Crippen molar-refractivity contribution in [1.29, 1.82) is 0 Å². The van der Waals surface area contributed by atoms with Gasteiger partial charge in [-0.1, -0.05) is 23.8 Å². The number of carbonyl (C=O) groups excluding carboxylic acids is 1. The number of cyclic esters (lactones) is 1. The van der Waals surface area contributed by atoms with Crippen molar-refractivity contribution < 1.29 is 9.53 Å². The van der Waals surface area contributed by atoms with Crippen molar-refractivity contribution in [3.63, 3.8) is 0 Å². The van der Waals surface area contributed by atoms with Gasteiger partial charge in [0.15, 0.2) is 0 Å². The molecular weight excluding hydrogens is 216 g/mol. The molecule has 1 aromatic rings. The quantitative estimate of drug-likeness (QED) is 0.864. The average Bonchev–Trinajstić information content (AvgIpc) is 2.64. The summed E-state index contributed by atoms with van der Waals surface area (Å²) >= 11 is 0. The van der Waals surface area contributed by atoms with E-state index in [0.717, 1.165) is 5.56 Å². The molecule has 2 rings (SSSR count). The number of hydrogen-bond acceptors (Lipinski definition) is 3. The second-order valence-electron chi connectivity index (χ2n) is 4.55. The molecule has 0 aromatic heterocycles. The zero-order valence-electron chi connectivity index (χ0n) is 10.3. The number of aryl methyl sites for hydroxylation is 2. The highest BCUT2D eigenvalue weighted by Gasteiger charge is 2.30. The van der Waals surface area contributed by atoms with Crippen LogP contribution in [0.2, 0.25) is 0 Å². The van der Waals surface area contributed by atoms with Crippen molar-refractivity contribution in [2.75, 3.05) is 13.1 Å². The van der Waals surface area contributed by atoms with Gasteiger partial charge in [-0.3, -0.25) is 0 Å². The highest BCUT2D eigenvalue weighted by molar-refractivity contribution is 5.70. The Labute approximate surface area is 101 Å². The van der Waals surface area contributed by atoms with Gasteiger partial charge in [0.05, 0.1) is 6.54 Å². The van der Waals surface area contributed by atoms with Gasteiger partial charge < -0.3 is 15.4 Å². The largest absolute Gasteiger partial charge is 0.443 e. The van der Waals surface area contributed by atoms with E-state index in [1.807, 2.05) is 0 Å². The molecule has 1 aliphatic rings. The van der Waals surface area contributed by atoms with E-state index in [9.17, 15) is 4.79 Å². The molecule has 0 spiro atoms. The molecule has 4 heteroatoms. The molecule has 2 N–H and O–H groups in total. The first-order valence-electron chi connectivity index (χ1n) is 5.82. The van der Waals surface area contributed by atoms with Crippen LogP contribution in [0.5, 0.6) is 0 Å². The first-order valence-corrected chi connectivity index (χ1v) is 5.82. The fourth-order valence-electron chi connectivity index (χ4n) is 2.06. The molecule has 0 radical (unpaired) electrons. The first kappa shape index (κ1) is 11.9. The SMILES string of the molecule is Cc1ccc(CN2CC(CN)OC2=O)c(C)c1. The molecule has 1 fully saturated rings. The molecule has 0 bridgehead atoms. The van der Waals surface area contributed by atoms with Gasteiger partial charge in [0.2, 0.25) is 0 Å². The van der Waals surface area contributed by atoms with Gasteiger partial charge in [-0.15, -0.1) is 0 Å². The van der Waals surface area contributed by atoms with Crippen LogP contribution in [0.4, 0.5) is 4.79 Å². The number of amides is 1. The van der Waals surface area contributed by atoms with Gasteiger partial charge in [-0.05, 0) is 25.0 Å². The summed E-state index contributed by atoms with van der Waals surface area (Å²) in [6.07, 6.45) is -0.423. The fourth-order valence-corrected chi connectivity index (χ4v) is 2.06. The predicted octanol–water partition coefficient (Wildman–Crippen LogP) is 1.58. The van der Waals surface area contributed by atoms with Gasteiger partial charge >= 0.3 is 6.09 Å². The van der Waals surface area contributed by atoms with Crippen LogP contribution in [-0.2, 0) is 11.3 Å². The lowest BCUT2D eigenvalue weighted by Crippen LogP contribution is -2.27. The van der Waals surface area contributed by atoms with Crippen LogP contribution in [0.15, 0.2) is 18.2 Å². The zero-order chi connectivity index (χ0) is 12.4. The smallest absolute Gasteiger partial charge is 0.410 e. The molecule has 1 unspecified atom stereocenters. The lowest BCUT2D eigenvalue weighted by atomic mass is 10.1. The van der Waals surface area contributed by atoms with E-state index in [4.69, 9.17) is 10.5 Å². The van der Waals surface area contributed by atoms with E-state index in [1.165, 1.54) is 11.1 Å². The summed E-state index contributed by atoms with van der Waals surface area (Å²) in [5, 5.41) is 0. The molecule has 1 aromatic carbocycles. The third-order valence-corrected chi connectivity index (χ3v) is 3.07. The summed E-state index contributed by atoms with van der Waals surface area (Å²) in [7, 11) is 0. The van der Waals surface area contributed by atoms with Crippen LogP contribution in [0, 0.1) is 13.8 Å². The Morgan fingerprint density at radius 1 is 1.47 bits per heavy atom. The van der Waals surface area contributed by atoms with Gasteiger partial charge in [0, 0.05) is 13.1 Å². The highest BCUT2D eigenvalue weighted by atomic mass is 16.6. The van der Waals surface area contributed by atoms with Crippen molar-refractivity contribution >= 4 is 6.09 Å². The van der Waals surface area contributed by atoms with Gasteiger partial charge in [-0.2, -0.15) is 0 Å². The topological polar surface area (TPSA) is 55.6 Å². The maximum absolute atomic E-state index is 11.6.